The summed E-state index contributed by atoms with van der Waals surface area (Å²) in [7, 11) is 0. The first-order chi connectivity index (χ1) is 8.46. The molecule has 0 aliphatic heterocycles. The molecule has 0 radical (unpaired) electrons. The number of aliphatic hydroxyl groups excluding tert-OH is 1. The third-order valence-corrected chi connectivity index (χ3v) is 3.60. The van der Waals surface area contributed by atoms with Gasteiger partial charge in [-0.2, -0.15) is 0 Å². The number of rotatable bonds is 5. The Bertz CT molecular complexity index is 402. The number of halogens is 2. The Morgan fingerprint density at radius 3 is 2.11 bits per heavy atom. The number of hydrogen-bond donors (Lipinski definition) is 2. The van der Waals surface area contributed by atoms with E-state index < -0.39 is 5.54 Å². The summed E-state index contributed by atoms with van der Waals surface area (Å²) < 4.78 is 0. The second-order valence-electron chi connectivity index (χ2n) is 4.26. The molecule has 1 rings (SSSR count). The Kier molecular flexibility index (Phi) is 5.45. The fraction of sp³-hybridized carbons (Fsp3) is 0.462. The van der Waals surface area contributed by atoms with E-state index >= 15 is 0 Å². The van der Waals surface area contributed by atoms with Crippen molar-refractivity contribution in [2.45, 2.75) is 32.2 Å². The minimum absolute atomic E-state index is 0.0972. The predicted octanol–water partition coefficient (Wildman–Crippen LogP) is 3.27. The fourth-order valence-corrected chi connectivity index (χ4v) is 2.21. The molecule has 3 nitrogen and oxygen atoms in total. The van der Waals surface area contributed by atoms with Gasteiger partial charge in [-0.05, 0) is 31.0 Å². The first-order valence-electron chi connectivity index (χ1n) is 5.86. The Labute approximate surface area is 117 Å². The van der Waals surface area contributed by atoms with Crippen LogP contribution in [0.15, 0.2) is 18.2 Å². The monoisotopic (exact) mass is 289 g/mol. The third kappa shape index (κ3) is 3.61. The van der Waals surface area contributed by atoms with Crippen LogP contribution in [-0.4, -0.2) is 23.2 Å². The molecule has 2 N–H and O–H groups in total. The van der Waals surface area contributed by atoms with E-state index in [0.29, 0.717) is 28.5 Å². The topological polar surface area (TPSA) is 49.3 Å². The number of hydrogen-bond acceptors (Lipinski definition) is 2. The van der Waals surface area contributed by atoms with Crippen LogP contribution < -0.4 is 5.32 Å². The van der Waals surface area contributed by atoms with E-state index in [2.05, 4.69) is 5.32 Å². The highest BCUT2D eigenvalue weighted by Crippen LogP contribution is 2.21. The van der Waals surface area contributed by atoms with Gasteiger partial charge in [0.2, 0.25) is 0 Å². The van der Waals surface area contributed by atoms with Crippen molar-refractivity contribution >= 4 is 29.1 Å². The molecule has 0 aromatic heterocycles. The minimum Gasteiger partial charge on any atom is -0.394 e. The largest absolute Gasteiger partial charge is 0.394 e. The van der Waals surface area contributed by atoms with Gasteiger partial charge in [-0.25, -0.2) is 0 Å². The van der Waals surface area contributed by atoms with Crippen LogP contribution in [-0.2, 0) is 0 Å². The van der Waals surface area contributed by atoms with Gasteiger partial charge in [0.1, 0.15) is 0 Å². The van der Waals surface area contributed by atoms with Crippen LogP contribution in [0.5, 0.6) is 0 Å². The molecule has 0 aliphatic rings. The van der Waals surface area contributed by atoms with Crippen LogP contribution in [0.2, 0.25) is 10.0 Å². The smallest absolute Gasteiger partial charge is 0.251 e. The number of aliphatic hydroxyl groups is 1. The van der Waals surface area contributed by atoms with E-state index in [9.17, 15) is 9.90 Å². The summed E-state index contributed by atoms with van der Waals surface area (Å²) in [5.74, 6) is -0.280. The Balaban J connectivity index is 2.94. The summed E-state index contributed by atoms with van der Waals surface area (Å²) in [6.07, 6.45) is 1.31. The SMILES string of the molecule is CCC(CC)(CO)NC(=O)c1cc(Cl)cc(Cl)c1. The van der Waals surface area contributed by atoms with Gasteiger partial charge >= 0.3 is 0 Å². The van der Waals surface area contributed by atoms with E-state index in [1.54, 1.807) is 18.2 Å². The second-order valence-corrected chi connectivity index (χ2v) is 5.13. The average molecular weight is 290 g/mol. The van der Waals surface area contributed by atoms with Crippen LogP contribution in [0.3, 0.4) is 0 Å². The van der Waals surface area contributed by atoms with Crippen molar-refractivity contribution < 1.29 is 9.90 Å². The van der Waals surface area contributed by atoms with E-state index in [1.165, 1.54) is 0 Å². The number of amides is 1. The zero-order valence-electron chi connectivity index (χ0n) is 10.5. The third-order valence-electron chi connectivity index (χ3n) is 3.16. The van der Waals surface area contributed by atoms with Crippen LogP contribution in [0.25, 0.3) is 0 Å². The number of carbonyl (C=O) groups is 1. The van der Waals surface area contributed by atoms with Crippen molar-refractivity contribution in [1.82, 2.24) is 5.32 Å². The molecular formula is C13H17Cl2NO2. The standard InChI is InChI=1S/C13H17Cl2NO2/c1-3-13(4-2,8-17)16-12(18)9-5-10(14)7-11(15)6-9/h5-7,17H,3-4,8H2,1-2H3,(H,16,18). The minimum atomic E-state index is -0.591. The van der Waals surface area contributed by atoms with Crippen LogP contribution in [0.4, 0.5) is 0 Å². The van der Waals surface area contributed by atoms with Gasteiger partial charge in [-0.3, -0.25) is 4.79 Å². The average Bonchev–Trinajstić information content (AvgIpc) is 2.35. The van der Waals surface area contributed by atoms with Gasteiger partial charge in [0.15, 0.2) is 0 Å². The van der Waals surface area contributed by atoms with E-state index in [0.717, 1.165) is 0 Å². The van der Waals surface area contributed by atoms with E-state index in [4.69, 9.17) is 23.2 Å². The lowest BCUT2D eigenvalue weighted by atomic mass is 9.93. The molecule has 0 aliphatic carbocycles. The molecular weight excluding hydrogens is 273 g/mol. The maximum atomic E-state index is 12.1. The van der Waals surface area contributed by atoms with Crippen molar-refractivity contribution in [3.8, 4) is 0 Å². The molecule has 1 aromatic rings. The zero-order chi connectivity index (χ0) is 13.8. The predicted molar refractivity (Wildman–Crippen MR) is 74.3 cm³/mol. The van der Waals surface area contributed by atoms with E-state index in [-0.39, 0.29) is 12.5 Å². The van der Waals surface area contributed by atoms with Gasteiger partial charge in [0.25, 0.3) is 5.91 Å². The zero-order valence-corrected chi connectivity index (χ0v) is 12.0. The molecule has 1 amide bonds. The number of nitrogens with one attached hydrogen (secondary N) is 1. The molecule has 0 spiro atoms. The van der Waals surface area contributed by atoms with Crippen LogP contribution in [0.1, 0.15) is 37.0 Å². The molecule has 0 bridgehead atoms. The quantitative estimate of drug-likeness (QED) is 0.874. The highest BCUT2D eigenvalue weighted by molar-refractivity contribution is 6.35. The summed E-state index contributed by atoms with van der Waals surface area (Å²) >= 11 is 11.7. The molecule has 0 saturated heterocycles. The first kappa shape index (κ1) is 15.3. The maximum Gasteiger partial charge on any atom is 0.251 e. The van der Waals surface area contributed by atoms with Crippen molar-refractivity contribution in [1.29, 1.82) is 0 Å². The lowest BCUT2D eigenvalue weighted by Gasteiger charge is -2.30. The summed E-state index contributed by atoms with van der Waals surface area (Å²) in [5.41, 5.74) is -0.196. The van der Waals surface area contributed by atoms with Gasteiger partial charge in [-0.15, -0.1) is 0 Å². The van der Waals surface area contributed by atoms with Gasteiger partial charge in [0, 0.05) is 15.6 Å². The van der Waals surface area contributed by atoms with Crippen molar-refractivity contribution in [2.24, 2.45) is 0 Å². The molecule has 100 valence electrons. The lowest BCUT2D eigenvalue weighted by molar-refractivity contribution is 0.0818. The Morgan fingerprint density at radius 1 is 1.22 bits per heavy atom. The fourth-order valence-electron chi connectivity index (χ4n) is 1.69. The molecule has 0 fully saturated rings. The highest BCUT2D eigenvalue weighted by atomic mass is 35.5. The van der Waals surface area contributed by atoms with Crippen molar-refractivity contribution in [3.63, 3.8) is 0 Å². The lowest BCUT2D eigenvalue weighted by Crippen LogP contribution is -2.50. The molecule has 0 atom stereocenters. The molecule has 1 aromatic carbocycles. The normalized spacial score (nSPS) is 11.4. The van der Waals surface area contributed by atoms with Gasteiger partial charge in [0.05, 0.1) is 12.1 Å². The number of benzene rings is 1. The maximum absolute atomic E-state index is 12.1. The Morgan fingerprint density at radius 2 is 1.72 bits per heavy atom. The molecule has 18 heavy (non-hydrogen) atoms. The Hall–Kier alpha value is -0.770. The van der Waals surface area contributed by atoms with Gasteiger partial charge < -0.3 is 10.4 Å². The summed E-state index contributed by atoms with van der Waals surface area (Å²) in [6, 6.07) is 4.67. The molecule has 0 saturated carbocycles. The summed E-state index contributed by atoms with van der Waals surface area (Å²) in [4.78, 5) is 12.1. The number of carbonyl (C=O) groups excluding carboxylic acids is 1. The first-order valence-corrected chi connectivity index (χ1v) is 6.61. The van der Waals surface area contributed by atoms with E-state index in [1.807, 2.05) is 13.8 Å². The summed E-state index contributed by atoms with van der Waals surface area (Å²) in [6.45, 7) is 3.75. The molecule has 0 unspecified atom stereocenters. The van der Waals surface area contributed by atoms with Crippen LogP contribution >= 0.6 is 23.2 Å². The van der Waals surface area contributed by atoms with Crippen LogP contribution in [0, 0.1) is 0 Å². The molecule has 5 heteroatoms. The summed E-state index contributed by atoms with van der Waals surface area (Å²) in [5, 5.41) is 13.1. The van der Waals surface area contributed by atoms with Crippen molar-refractivity contribution in [3.05, 3.63) is 33.8 Å². The highest BCUT2D eigenvalue weighted by Gasteiger charge is 2.27. The van der Waals surface area contributed by atoms with Crippen molar-refractivity contribution in [2.75, 3.05) is 6.61 Å². The second kappa shape index (κ2) is 6.41. The van der Waals surface area contributed by atoms with Gasteiger partial charge in [-0.1, -0.05) is 37.0 Å². The molecule has 0 heterocycles.